The van der Waals surface area contributed by atoms with Crippen LogP contribution in [-0.4, -0.2) is 31.3 Å². The Balaban J connectivity index is 1.51. The average Bonchev–Trinajstić information content (AvgIpc) is 3.31. The summed E-state index contributed by atoms with van der Waals surface area (Å²) >= 11 is 1.32. The molecule has 1 unspecified atom stereocenters. The van der Waals surface area contributed by atoms with Crippen molar-refractivity contribution in [2.45, 2.75) is 38.6 Å². The Morgan fingerprint density at radius 2 is 2.15 bits per heavy atom. The number of carbonyl (C=O) groups is 1. The smallest absolute Gasteiger partial charge is 0.227 e. The van der Waals surface area contributed by atoms with Gasteiger partial charge in [-0.05, 0) is 62.2 Å². The second-order valence-electron chi connectivity index (χ2n) is 7.01. The zero-order valence-corrected chi connectivity index (χ0v) is 15.4. The van der Waals surface area contributed by atoms with E-state index in [4.69, 9.17) is 5.73 Å². The van der Waals surface area contributed by atoms with Crippen LogP contribution in [0.25, 0.3) is 21.7 Å². The number of nitrogens with zero attached hydrogens (tertiary/aromatic N) is 3. The number of aromatic nitrogens is 4. The molecule has 1 saturated carbocycles. The highest BCUT2D eigenvalue weighted by Crippen LogP contribution is 2.32. The van der Waals surface area contributed by atoms with E-state index in [0.717, 1.165) is 53.1 Å². The van der Waals surface area contributed by atoms with E-state index in [1.165, 1.54) is 17.9 Å². The molecule has 26 heavy (non-hydrogen) atoms. The second-order valence-corrected chi connectivity index (χ2v) is 7.79. The van der Waals surface area contributed by atoms with Gasteiger partial charge in [0, 0.05) is 23.5 Å². The molecule has 1 amide bonds. The third-order valence-corrected chi connectivity index (χ3v) is 5.97. The number of hydrogen-bond acceptors (Lipinski definition) is 6. The number of pyridine rings is 1. The van der Waals surface area contributed by atoms with Gasteiger partial charge in [0.15, 0.2) is 5.01 Å². The first kappa shape index (κ1) is 17.1. The number of nitrogens with one attached hydrogen (secondary N) is 2. The quantitative estimate of drug-likeness (QED) is 0.653. The van der Waals surface area contributed by atoms with Gasteiger partial charge in [0.25, 0.3) is 0 Å². The Labute approximate surface area is 155 Å². The van der Waals surface area contributed by atoms with E-state index in [2.05, 4.69) is 31.6 Å². The summed E-state index contributed by atoms with van der Waals surface area (Å²) in [5.41, 5.74) is 8.36. The third-order valence-electron chi connectivity index (χ3n) is 5.27. The van der Waals surface area contributed by atoms with Gasteiger partial charge in [-0.15, -0.1) is 0 Å². The first-order valence-electron chi connectivity index (χ1n) is 8.93. The molecule has 4 N–H and O–H groups in total. The number of H-pyrrole nitrogens is 1. The summed E-state index contributed by atoms with van der Waals surface area (Å²) in [5.74, 6) is 0.667. The van der Waals surface area contributed by atoms with Crippen molar-refractivity contribution in [2.24, 2.45) is 17.6 Å². The second kappa shape index (κ2) is 7.13. The van der Waals surface area contributed by atoms with Crippen LogP contribution >= 0.6 is 11.5 Å². The molecule has 3 heterocycles. The van der Waals surface area contributed by atoms with Gasteiger partial charge in [-0.25, -0.2) is 9.97 Å². The maximum Gasteiger partial charge on any atom is 0.227 e. The monoisotopic (exact) mass is 370 g/mol. The van der Waals surface area contributed by atoms with E-state index in [1.807, 2.05) is 12.1 Å². The van der Waals surface area contributed by atoms with Crippen LogP contribution in [0.5, 0.6) is 0 Å². The number of hydrogen-bond donors (Lipinski definition) is 3. The Bertz CT molecular complexity index is 896. The Morgan fingerprint density at radius 1 is 1.35 bits per heavy atom. The lowest BCUT2D eigenvalue weighted by atomic mass is 9.79. The fourth-order valence-electron chi connectivity index (χ4n) is 3.68. The van der Waals surface area contributed by atoms with Crippen LogP contribution in [0.15, 0.2) is 24.7 Å². The van der Waals surface area contributed by atoms with E-state index in [-0.39, 0.29) is 17.9 Å². The van der Waals surface area contributed by atoms with Crippen molar-refractivity contribution in [3.63, 3.8) is 0 Å². The number of nitrogens with two attached hydrogens (primary N) is 1. The number of aromatic amines is 1. The molecule has 0 spiro atoms. The summed E-state index contributed by atoms with van der Waals surface area (Å²) in [6.45, 7) is 2.06. The lowest BCUT2D eigenvalue weighted by molar-refractivity contribution is -0.121. The van der Waals surface area contributed by atoms with Gasteiger partial charge in [-0.3, -0.25) is 4.79 Å². The fraction of sp³-hybridized carbons (Fsp3) is 0.444. The molecule has 1 aliphatic carbocycles. The predicted octanol–water partition coefficient (Wildman–Crippen LogP) is 3.17. The lowest BCUT2D eigenvalue weighted by Gasteiger charge is -2.30. The molecule has 0 saturated heterocycles. The van der Waals surface area contributed by atoms with Gasteiger partial charge >= 0.3 is 0 Å². The molecule has 0 radical (unpaired) electrons. The van der Waals surface area contributed by atoms with Crippen LogP contribution in [-0.2, 0) is 4.79 Å². The molecule has 0 aromatic carbocycles. The van der Waals surface area contributed by atoms with E-state index in [9.17, 15) is 4.79 Å². The molecular formula is C18H22N6OS. The number of anilines is 1. The number of rotatable bonds is 4. The minimum absolute atomic E-state index is 0.0507. The van der Waals surface area contributed by atoms with E-state index in [1.54, 1.807) is 6.20 Å². The standard InChI is InChI=1S/C18H22N6OS/c1-10(19)11-2-4-12(5-3-11)17(25)24-14-6-7-20-16-13(14)8-15(23-16)18-21-9-22-26-18/h6-12H,2-5,19H2,1H3,(H2,20,23,24,25). The minimum atomic E-state index is 0.0507. The normalized spacial score (nSPS) is 21.6. The van der Waals surface area contributed by atoms with Crippen molar-refractivity contribution in [1.82, 2.24) is 19.3 Å². The molecule has 3 aromatic rings. The molecular weight excluding hydrogens is 348 g/mol. The van der Waals surface area contributed by atoms with E-state index < -0.39 is 0 Å². The van der Waals surface area contributed by atoms with Crippen LogP contribution < -0.4 is 11.1 Å². The van der Waals surface area contributed by atoms with Crippen molar-refractivity contribution in [3.8, 4) is 10.7 Å². The van der Waals surface area contributed by atoms with Gasteiger partial charge in [0.1, 0.15) is 12.0 Å². The Morgan fingerprint density at radius 3 is 2.85 bits per heavy atom. The minimum Gasteiger partial charge on any atom is -0.337 e. The number of amides is 1. The largest absolute Gasteiger partial charge is 0.337 e. The van der Waals surface area contributed by atoms with Crippen LogP contribution in [0.3, 0.4) is 0 Å². The number of carbonyl (C=O) groups excluding carboxylic acids is 1. The third kappa shape index (κ3) is 3.34. The first-order chi connectivity index (χ1) is 12.6. The molecule has 0 aliphatic heterocycles. The van der Waals surface area contributed by atoms with Crippen molar-refractivity contribution in [1.29, 1.82) is 0 Å². The Hall–Kier alpha value is -2.32. The molecule has 1 atom stereocenters. The van der Waals surface area contributed by atoms with Crippen molar-refractivity contribution in [3.05, 3.63) is 24.7 Å². The highest BCUT2D eigenvalue weighted by atomic mass is 32.1. The summed E-state index contributed by atoms with van der Waals surface area (Å²) in [7, 11) is 0. The maximum absolute atomic E-state index is 12.7. The molecule has 8 heteroatoms. The van der Waals surface area contributed by atoms with Crippen LogP contribution in [0, 0.1) is 11.8 Å². The van der Waals surface area contributed by atoms with E-state index in [0.29, 0.717) is 5.92 Å². The molecule has 136 valence electrons. The molecule has 1 fully saturated rings. The van der Waals surface area contributed by atoms with Crippen LogP contribution in [0.1, 0.15) is 32.6 Å². The van der Waals surface area contributed by atoms with Crippen LogP contribution in [0.4, 0.5) is 5.69 Å². The summed E-state index contributed by atoms with van der Waals surface area (Å²) in [6.07, 6.45) is 7.07. The zero-order valence-electron chi connectivity index (χ0n) is 14.6. The molecule has 3 aromatic heterocycles. The van der Waals surface area contributed by atoms with Crippen molar-refractivity contribution >= 4 is 34.2 Å². The molecule has 4 rings (SSSR count). The zero-order chi connectivity index (χ0) is 18.1. The topological polar surface area (TPSA) is 110 Å². The average molecular weight is 370 g/mol. The maximum atomic E-state index is 12.7. The summed E-state index contributed by atoms with van der Waals surface area (Å²) in [4.78, 5) is 24.5. The summed E-state index contributed by atoms with van der Waals surface area (Å²) < 4.78 is 4.03. The highest BCUT2D eigenvalue weighted by molar-refractivity contribution is 7.09. The highest BCUT2D eigenvalue weighted by Gasteiger charge is 2.28. The SMILES string of the molecule is CC(N)C1CCC(C(=O)Nc2ccnc3[nH]c(-c4ncns4)cc23)CC1. The summed E-state index contributed by atoms with van der Waals surface area (Å²) in [6, 6.07) is 4.01. The van der Waals surface area contributed by atoms with Gasteiger partial charge < -0.3 is 16.0 Å². The number of fused-ring (bicyclic) bond motifs is 1. The molecule has 0 bridgehead atoms. The molecule has 1 aliphatic rings. The van der Waals surface area contributed by atoms with Crippen molar-refractivity contribution < 1.29 is 4.79 Å². The molecule has 7 nitrogen and oxygen atoms in total. The van der Waals surface area contributed by atoms with E-state index >= 15 is 0 Å². The fourth-order valence-corrected chi connectivity index (χ4v) is 4.18. The van der Waals surface area contributed by atoms with Gasteiger partial charge in [0.05, 0.1) is 11.4 Å². The van der Waals surface area contributed by atoms with Crippen LogP contribution in [0.2, 0.25) is 0 Å². The first-order valence-corrected chi connectivity index (χ1v) is 9.70. The Kier molecular flexibility index (Phi) is 4.69. The summed E-state index contributed by atoms with van der Waals surface area (Å²) in [5, 5.41) is 4.78. The van der Waals surface area contributed by atoms with Gasteiger partial charge in [-0.1, -0.05) is 0 Å². The van der Waals surface area contributed by atoms with Gasteiger partial charge in [0.2, 0.25) is 5.91 Å². The van der Waals surface area contributed by atoms with Gasteiger partial charge in [-0.2, -0.15) is 4.37 Å². The predicted molar refractivity (Wildman–Crippen MR) is 103 cm³/mol. The van der Waals surface area contributed by atoms with Crippen molar-refractivity contribution in [2.75, 3.05) is 5.32 Å². The lowest BCUT2D eigenvalue weighted by Crippen LogP contribution is -2.33.